The van der Waals surface area contributed by atoms with Crippen LogP contribution in [0.1, 0.15) is 19.4 Å². The molecule has 0 aliphatic rings. The predicted molar refractivity (Wildman–Crippen MR) is 95.6 cm³/mol. The number of rotatable bonds is 5. The van der Waals surface area contributed by atoms with Crippen LogP contribution in [-0.2, 0) is 0 Å². The van der Waals surface area contributed by atoms with Crippen LogP contribution in [0.2, 0.25) is 0 Å². The van der Waals surface area contributed by atoms with Gasteiger partial charge in [0.1, 0.15) is 0 Å². The van der Waals surface area contributed by atoms with Crippen molar-refractivity contribution in [1.82, 2.24) is 15.2 Å². The molecule has 3 rings (SSSR count). The summed E-state index contributed by atoms with van der Waals surface area (Å²) in [5.74, 6) is 0.997. The average molecular weight is 306 g/mol. The van der Waals surface area contributed by atoms with E-state index < -0.39 is 0 Å². The molecule has 23 heavy (non-hydrogen) atoms. The van der Waals surface area contributed by atoms with Crippen molar-refractivity contribution in [2.45, 2.75) is 20.8 Å². The molecule has 0 aliphatic carbocycles. The van der Waals surface area contributed by atoms with Crippen molar-refractivity contribution in [2.24, 2.45) is 0 Å². The first-order valence-corrected chi connectivity index (χ1v) is 8.05. The number of nitrogens with zero attached hydrogens (tertiary/aromatic N) is 3. The Morgan fingerprint density at radius 3 is 2.17 bits per heavy atom. The first kappa shape index (κ1) is 15.3. The van der Waals surface area contributed by atoms with Crippen LogP contribution < -0.4 is 4.90 Å². The number of pyridine rings is 1. The summed E-state index contributed by atoms with van der Waals surface area (Å²) >= 11 is 0. The number of aromatic amines is 1. The van der Waals surface area contributed by atoms with Gasteiger partial charge in [-0.2, -0.15) is 5.10 Å². The normalized spacial score (nSPS) is 10.7. The molecule has 4 nitrogen and oxygen atoms in total. The molecular weight excluding hydrogens is 284 g/mol. The SMILES string of the molecule is CCN(CC)c1n[nH]c(-c2ccc(C)cc2)c1-c1ccncc1. The first-order chi connectivity index (χ1) is 11.2. The Balaban J connectivity index is 2.19. The highest BCUT2D eigenvalue weighted by Crippen LogP contribution is 2.37. The lowest BCUT2D eigenvalue weighted by Crippen LogP contribution is -2.22. The van der Waals surface area contributed by atoms with Crippen LogP contribution in [0.3, 0.4) is 0 Å². The summed E-state index contributed by atoms with van der Waals surface area (Å²) in [6, 6.07) is 12.6. The Morgan fingerprint density at radius 1 is 0.913 bits per heavy atom. The van der Waals surface area contributed by atoms with Crippen LogP contribution in [0.15, 0.2) is 48.8 Å². The number of benzene rings is 1. The fourth-order valence-electron chi connectivity index (χ4n) is 2.81. The fourth-order valence-corrected chi connectivity index (χ4v) is 2.81. The Kier molecular flexibility index (Phi) is 4.42. The molecule has 0 unspecified atom stereocenters. The maximum Gasteiger partial charge on any atom is 0.158 e. The zero-order chi connectivity index (χ0) is 16.2. The lowest BCUT2D eigenvalue weighted by molar-refractivity contribution is 0.840. The van der Waals surface area contributed by atoms with Gasteiger partial charge in [0.2, 0.25) is 0 Å². The van der Waals surface area contributed by atoms with E-state index >= 15 is 0 Å². The van der Waals surface area contributed by atoms with Crippen LogP contribution >= 0.6 is 0 Å². The smallest absolute Gasteiger partial charge is 0.158 e. The van der Waals surface area contributed by atoms with Gasteiger partial charge in [-0.25, -0.2) is 0 Å². The summed E-state index contributed by atoms with van der Waals surface area (Å²) in [6.07, 6.45) is 3.65. The van der Waals surface area contributed by atoms with Gasteiger partial charge in [0, 0.05) is 31.0 Å². The summed E-state index contributed by atoms with van der Waals surface area (Å²) in [4.78, 5) is 6.41. The Morgan fingerprint density at radius 2 is 1.57 bits per heavy atom. The second-order valence-electron chi connectivity index (χ2n) is 5.57. The highest BCUT2D eigenvalue weighted by molar-refractivity contribution is 5.88. The van der Waals surface area contributed by atoms with Gasteiger partial charge in [0.15, 0.2) is 5.82 Å². The topological polar surface area (TPSA) is 44.8 Å². The molecule has 2 heterocycles. The number of aromatic nitrogens is 3. The number of nitrogens with one attached hydrogen (secondary N) is 1. The van der Waals surface area contributed by atoms with Crippen molar-refractivity contribution >= 4 is 5.82 Å². The number of anilines is 1. The van der Waals surface area contributed by atoms with Crippen molar-refractivity contribution in [1.29, 1.82) is 0 Å². The highest BCUT2D eigenvalue weighted by atomic mass is 15.3. The van der Waals surface area contributed by atoms with E-state index in [1.54, 1.807) is 0 Å². The third-order valence-corrected chi connectivity index (χ3v) is 4.12. The molecule has 0 amide bonds. The molecule has 0 fully saturated rings. The standard InChI is InChI=1S/C19H22N4/c1-4-23(5-2)19-17(15-10-12-20-13-11-15)18(21-22-19)16-8-6-14(3)7-9-16/h6-13H,4-5H2,1-3H3,(H,21,22). The fraction of sp³-hybridized carbons (Fsp3) is 0.263. The van der Waals surface area contributed by atoms with E-state index in [4.69, 9.17) is 0 Å². The van der Waals surface area contributed by atoms with Crippen molar-refractivity contribution in [3.05, 3.63) is 54.4 Å². The second kappa shape index (κ2) is 6.65. The predicted octanol–water partition coefficient (Wildman–Crippen LogP) is 4.29. The van der Waals surface area contributed by atoms with E-state index in [0.717, 1.165) is 41.3 Å². The molecule has 0 saturated heterocycles. The largest absolute Gasteiger partial charge is 0.355 e. The summed E-state index contributed by atoms with van der Waals surface area (Å²) in [7, 11) is 0. The molecular formula is C19H22N4. The van der Waals surface area contributed by atoms with Gasteiger partial charge in [-0.15, -0.1) is 0 Å². The van der Waals surface area contributed by atoms with Crippen LogP contribution in [0, 0.1) is 6.92 Å². The van der Waals surface area contributed by atoms with Crippen molar-refractivity contribution in [3.63, 3.8) is 0 Å². The molecule has 2 aromatic heterocycles. The van der Waals surface area contributed by atoms with Gasteiger partial charge in [-0.1, -0.05) is 29.8 Å². The van der Waals surface area contributed by atoms with Crippen LogP contribution in [0.5, 0.6) is 0 Å². The van der Waals surface area contributed by atoms with Crippen LogP contribution in [0.25, 0.3) is 22.4 Å². The van der Waals surface area contributed by atoms with Crippen molar-refractivity contribution in [3.8, 4) is 22.4 Å². The molecule has 0 spiro atoms. The summed E-state index contributed by atoms with van der Waals surface area (Å²) in [6.45, 7) is 8.25. The molecule has 0 aliphatic heterocycles. The van der Waals surface area contributed by atoms with Gasteiger partial charge >= 0.3 is 0 Å². The number of aryl methyl sites for hydroxylation is 1. The maximum atomic E-state index is 4.61. The van der Waals surface area contributed by atoms with E-state index in [1.165, 1.54) is 5.56 Å². The van der Waals surface area contributed by atoms with Crippen molar-refractivity contribution in [2.75, 3.05) is 18.0 Å². The zero-order valence-corrected chi connectivity index (χ0v) is 13.9. The van der Waals surface area contributed by atoms with Gasteiger partial charge in [0.25, 0.3) is 0 Å². The van der Waals surface area contributed by atoms with Crippen molar-refractivity contribution < 1.29 is 0 Å². The van der Waals surface area contributed by atoms with Gasteiger partial charge in [-0.05, 0) is 38.5 Å². The van der Waals surface area contributed by atoms with Gasteiger partial charge < -0.3 is 4.90 Å². The van der Waals surface area contributed by atoms with Crippen LogP contribution in [-0.4, -0.2) is 28.3 Å². The number of hydrogen-bond donors (Lipinski definition) is 1. The van der Waals surface area contributed by atoms with Gasteiger partial charge in [-0.3, -0.25) is 10.1 Å². The molecule has 1 N–H and O–H groups in total. The molecule has 0 atom stereocenters. The monoisotopic (exact) mass is 306 g/mol. The summed E-state index contributed by atoms with van der Waals surface area (Å²) in [5, 5.41) is 7.86. The molecule has 3 aromatic rings. The van der Waals surface area contributed by atoms with Crippen LogP contribution in [0.4, 0.5) is 5.82 Å². The van der Waals surface area contributed by atoms with E-state index in [0.29, 0.717) is 0 Å². The molecule has 4 heteroatoms. The Bertz CT molecular complexity index is 756. The average Bonchev–Trinajstić information content (AvgIpc) is 3.02. The Hall–Kier alpha value is -2.62. The summed E-state index contributed by atoms with van der Waals surface area (Å²) in [5.41, 5.74) is 5.72. The number of hydrogen-bond acceptors (Lipinski definition) is 3. The van der Waals surface area contributed by atoms with E-state index in [-0.39, 0.29) is 0 Å². The van der Waals surface area contributed by atoms with Gasteiger partial charge in [0.05, 0.1) is 11.3 Å². The van der Waals surface area contributed by atoms with E-state index in [9.17, 15) is 0 Å². The minimum atomic E-state index is 0.923. The number of H-pyrrole nitrogens is 1. The molecule has 0 saturated carbocycles. The third-order valence-electron chi connectivity index (χ3n) is 4.12. The third kappa shape index (κ3) is 2.97. The first-order valence-electron chi connectivity index (χ1n) is 8.05. The van der Waals surface area contributed by atoms with E-state index in [2.05, 4.69) is 65.1 Å². The Labute approximate surface area is 137 Å². The highest BCUT2D eigenvalue weighted by Gasteiger charge is 2.19. The molecule has 1 aromatic carbocycles. The zero-order valence-electron chi connectivity index (χ0n) is 13.9. The molecule has 0 radical (unpaired) electrons. The minimum Gasteiger partial charge on any atom is -0.355 e. The quantitative estimate of drug-likeness (QED) is 0.764. The maximum absolute atomic E-state index is 4.61. The van der Waals surface area contributed by atoms with E-state index in [1.807, 2.05) is 24.5 Å². The lowest BCUT2D eigenvalue weighted by atomic mass is 10.0. The molecule has 118 valence electrons. The second-order valence-corrected chi connectivity index (χ2v) is 5.57. The molecule has 0 bridgehead atoms. The summed E-state index contributed by atoms with van der Waals surface area (Å²) < 4.78 is 0. The lowest BCUT2D eigenvalue weighted by Gasteiger charge is -2.20. The minimum absolute atomic E-state index is 0.923.